The second kappa shape index (κ2) is 4.67. The lowest BCUT2D eigenvalue weighted by Crippen LogP contribution is -2.24. The minimum atomic E-state index is -3.19. The predicted octanol–water partition coefficient (Wildman–Crippen LogP) is 3.34. The Morgan fingerprint density at radius 2 is 1.79 bits per heavy atom. The van der Waals surface area contributed by atoms with Crippen molar-refractivity contribution >= 4 is 27.1 Å². The Balaban J connectivity index is 1.86. The average molecular weight is 300 g/mol. The molecule has 19 heavy (non-hydrogen) atoms. The van der Waals surface area contributed by atoms with Crippen molar-refractivity contribution in [1.82, 2.24) is 0 Å². The van der Waals surface area contributed by atoms with E-state index in [2.05, 4.69) is 5.32 Å². The van der Waals surface area contributed by atoms with Gasteiger partial charge in [-0.2, -0.15) is 0 Å². The van der Waals surface area contributed by atoms with Crippen LogP contribution in [0.2, 0.25) is 5.02 Å². The number of halogens is 1. The van der Waals surface area contributed by atoms with Gasteiger partial charge in [0.25, 0.3) is 0 Å². The summed E-state index contributed by atoms with van der Waals surface area (Å²) in [6.07, 6.45) is 6.32. The first kappa shape index (κ1) is 13.3. The topological polar surface area (TPSA) is 46.2 Å². The van der Waals surface area contributed by atoms with E-state index < -0.39 is 9.84 Å². The maximum atomic E-state index is 11.6. The van der Waals surface area contributed by atoms with E-state index in [1.807, 2.05) is 0 Å². The van der Waals surface area contributed by atoms with Crippen molar-refractivity contribution in [3.8, 4) is 0 Å². The lowest BCUT2D eigenvalue weighted by molar-refractivity contribution is 0.567. The molecule has 0 bridgehead atoms. The molecular formula is C14H18ClNO2S. The molecule has 2 saturated carbocycles. The predicted molar refractivity (Wildman–Crippen MR) is 77.4 cm³/mol. The minimum absolute atomic E-state index is 0.324. The van der Waals surface area contributed by atoms with Crippen LogP contribution in [0.1, 0.15) is 25.7 Å². The molecule has 0 amide bonds. The molecule has 0 atom stereocenters. The number of rotatable bonds is 5. The molecule has 0 saturated heterocycles. The molecule has 0 heterocycles. The van der Waals surface area contributed by atoms with Crippen LogP contribution in [0.15, 0.2) is 23.1 Å². The van der Waals surface area contributed by atoms with Gasteiger partial charge in [-0.1, -0.05) is 11.6 Å². The smallest absolute Gasteiger partial charge is 0.175 e. The van der Waals surface area contributed by atoms with Gasteiger partial charge in [-0.3, -0.25) is 0 Å². The maximum absolute atomic E-state index is 11.6. The van der Waals surface area contributed by atoms with Gasteiger partial charge in [0.05, 0.1) is 15.6 Å². The zero-order valence-electron chi connectivity index (χ0n) is 10.9. The first-order valence-electron chi connectivity index (χ1n) is 6.71. The van der Waals surface area contributed by atoms with Crippen LogP contribution in [0.5, 0.6) is 0 Å². The van der Waals surface area contributed by atoms with Gasteiger partial charge in [-0.15, -0.1) is 0 Å². The third kappa shape index (κ3) is 3.06. The Bertz CT molecular complexity index is 579. The fourth-order valence-corrected chi connectivity index (χ4v) is 3.38. The summed E-state index contributed by atoms with van der Waals surface area (Å²) in [5.41, 5.74) is 0.758. The third-order valence-electron chi connectivity index (χ3n) is 3.95. The molecule has 5 heteroatoms. The van der Waals surface area contributed by atoms with Crippen molar-refractivity contribution in [3.05, 3.63) is 23.2 Å². The second-order valence-electron chi connectivity index (χ2n) is 5.76. The molecule has 1 N–H and O–H groups in total. The zero-order valence-corrected chi connectivity index (χ0v) is 12.5. The van der Waals surface area contributed by atoms with E-state index in [4.69, 9.17) is 11.6 Å². The quantitative estimate of drug-likeness (QED) is 0.907. The number of anilines is 1. The Morgan fingerprint density at radius 3 is 2.26 bits per heavy atom. The van der Waals surface area contributed by atoms with E-state index in [1.165, 1.54) is 31.9 Å². The molecule has 2 fully saturated rings. The second-order valence-corrected chi connectivity index (χ2v) is 8.18. The highest BCUT2D eigenvalue weighted by atomic mass is 35.5. The summed E-state index contributed by atoms with van der Waals surface area (Å²) in [5.74, 6) is 1.48. The lowest BCUT2D eigenvalue weighted by atomic mass is 10.1. The SMILES string of the molecule is CS(=O)(=O)c1ccc(Cl)c(NC(C2CC2)C2CC2)c1. The van der Waals surface area contributed by atoms with Crippen LogP contribution in [0.4, 0.5) is 5.69 Å². The monoisotopic (exact) mass is 299 g/mol. The summed E-state index contributed by atoms with van der Waals surface area (Å²) in [4.78, 5) is 0.324. The molecule has 3 nitrogen and oxygen atoms in total. The van der Waals surface area contributed by atoms with Crippen LogP contribution in [0, 0.1) is 11.8 Å². The standard InChI is InChI=1S/C14H18ClNO2S/c1-19(17,18)11-6-7-12(15)13(8-11)16-14(9-2-3-9)10-4-5-10/h6-10,14,16H,2-5H2,1H3. The Kier molecular flexibility index (Phi) is 3.26. The van der Waals surface area contributed by atoms with Crippen LogP contribution in [0.3, 0.4) is 0 Å². The van der Waals surface area contributed by atoms with Gasteiger partial charge in [0.1, 0.15) is 0 Å². The summed E-state index contributed by atoms with van der Waals surface area (Å²) in [5, 5.41) is 4.08. The Morgan fingerprint density at radius 1 is 1.21 bits per heavy atom. The summed E-state index contributed by atoms with van der Waals surface area (Å²) in [6, 6.07) is 5.35. The fourth-order valence-electron chi connectivity index (χ4n) is 2.56. The molecule has 0 aliphatic heterocycles. The summed E-state index contributed by atoms with van der Waals surface area (Å²) < 4.78 is 23.2. The van der Waals surface area contributed by atoms with Crippen molar-refractivity contribution in [3.63, 3.8) is 0 Å². The normalized spacial score (nSPS) is 19.7. The molecular weight excluding hydrogens is 282 g/mol. The summed E-state index contributed by atoms with van der Waals surface area (Å²) in [6.45, 7) is 0. The highest BCUT2D eigenvalue weighted by Crippen LogP contribution is 2.46. The first-order valence-corrected chi connectivity index (χ1v) is 8.98. The average Bonchev–Trinajstić information content (AvgIpc) is 3.19. The molecule has 104 valence electrons. The van der Waals surface area contributed by atoms with Gasteiger partial charge in [0, 0.05) is 12.3 Å². The van der Waals surface area contributed by atoms with Crippen molar-refractivity contribution < 1.29 is 8.42 Å². The van der Waals surface area contributed by atoms with Crippen molar-refractivity contribution in [1.29, 1.82) is 0 Å². The number of benzene rings is 1. The highest BCUT2D eigenvalue weighted by molar-refractivity contribution is 7.90. The van der Waals surface area contributed by atoms with E-state index in [0.29, 0.717) is 16.0 Å². The van der Waals surface area contributed by atoms with Gasteiger partial charge in [0.15, 0.2) is 9.84 Å². The van der Waals surface area contributed by atoms with E-state index in [9.17, 15) is 8.42 Å². The lowest BCUT2D eigenvalue weighted by Gasteiger charge is -2.20. The van der Waals surface area contributed by atoms with Gasteiger partial charge >= 0.3 is 0 Å². The number of hydrogen-bond donors (Lipinski definition) is 1. The molecule has 2 aliphatic carbocycles. The Hall–Kier alpha value is -0.740. The molecule has 0 radical (unpaired) electrons. The molecule has 1 aromatic carbocycles. The van der Waals surface area contributed by atoms with E-state index in [-0.39, 0.29) is 0 Å². The van der Waals surface area contributed by atoms with Gasteiger partial charge in [0.2, 0.25) is 0 Å². The van der Waals surface area contributed by atoms with Crippen LogP contribution in [0.25, 0.3) is 0 Å². The van der Waals surface area contributed by atoms with Crippen molar-refractivity contribution in [2.75, 3.05) is 11.6 Å². The van der Waals surface area contributed by atoms with Crippen molar-refractivity contribution in [2.24, 2.45) is 11.8 Å². The summed E-state index contributed by atoms with van der Waals surface area (Å²) >= 11 is 6.18. The largest absolute Gasteiger partial charge is 0.381 e. The molecule has 2 aliphatic rings. The van der Waals surface area contributed by atoms with Crippen molar-refractivity contribution in [2.45, 2.75) is 36.6 Å². The Labute approximate surface area is 119 Å². The van der Waals surface area contributed by atoms with Crippen LogP contribution in [-0.4, -0.2) is 20.7 Å². The van der Waals surface area contributed by atoms with Gasteiger partial charge < -0.3 is 5.32 Å². The summed E-state index contributed by atoms with van der Waals surface area (Å²) in [7, 11) is -3.19. The van der Waals surface area contributed by atoms with Crippen LogP contribution in [-0.2, 0) is 9.84 Å². The number of hydrogen-bond acceptors (Lipinski definition) is 3. The van der Waals surface area contributed by atoms with E-state index in [1.54, 1.807) is 18.2 Å². The molecule has 0 unspecified atom stereocenters. The molecule has 0 spiro atoms. The van der Waals surface area contributed by atoms with E-state index >= 15 is 0 Å². The van der Waals surface area contributed by atoms with Crippen LogP contribution < -0.4 is 5.32 Å². The van der Waals surface area contributed by atoms with Gasteiger partial charge in [-0.05, 0) is 55.7 Å². The highest BCUT2D eigenvalue weighted by Gasteiger charge is 2.41. The molecule has 1 aromatic rings. The number of sulfone groups is 1. The fraction of sp³-hybridized carbons (Fsp3) is 0.571. The van der Waals surface area contributed by atoms with Crippen LogP contribution >= 0.6 is 11.6 Å². The first-order chi connectivity index (χ1) is 8.95. The maximum Gasteiger partial charge on any atom is 0.175 e. The molecule has 3 rings (SSSR count). The van der Waals surface area contributed by atoms with Gasteiger partial charge in [-0.25, -0.2) is 8.42 Å². The molecule has 0 aromatic heterocycles. The zero-order chi connectivity index (χ0) is 13.6. The third-order valence-corrected chi connectivity index (χ3v) is 5.39. The minimum Gasteiger partial charge on any atom is -0.381 e. The van der Waals surface area contributed by atoms with E-state index in [0.717, 1.165) is 17.5 Å². The number of nitrogens with one attached hydrogen (secondary N) is 1.